The Morgan fingerprint density at radius 1 is 1.13 bits per heavy atom. The van der Waals surface area contributed by atoms with E-state index in [0.717, 1.165) is 5.56 Å². The van der Waals surface area contributed by atoms with Gasteiger partial charge in [-0.25, -0.2) is 4.39 Å². The molecule has 0 heterocycles. The van der Waals surface area contributed by atoms with E-state index in [4.69, 9.17) is 34.8 Å². The van der Waals surface area contributed by atoms with Gasteiger partial charge < -0.3 is 10.6 Å². The van der Waals surface area contributed by atoms with Crippen molar-refractivity contribution in [2.75, 3.05) is 11.9 Å². The Balaban J connectivity index is 1.94. The highest BCUT2D eigenvalue weighted by Crippen LogP contribution is 2.33. The highest BCUT2D eigenvalue weighted by molar-refractivity contribution is 6.42. The lowest BCUT2D eigenvalue weighted by atomic mass is 10.1. The van der Waals surface area contributed by atoms with Crippen molar-refractivity contribution < 1.29 is 9.18 Å². The summed E-state index contributed by atoms with van der Waals surface area (Å²) < 4.78 is 12.9. The van der Waals surface area contributed by atoms with Crippen molar-refractivity contribution in [3.63, 3.8) is 0 Å². The average molecular weight is 376 g/mol. The van der Waals surface area contributed by atoms with Crippen LogP contribution in [0.5, 0.6) is 0 Å². The summed E-state index contributed by atoms with van der Waals surface area (Å²) in [5.41, 5.74) is 1.20. The van der Waals surface area contributed by atoms with E-state index < -0.39 is 0 Å². The van der Waals surface area contributed by atoms with Crippen LogP contribution >= 0.6 is 34.8 Å². The Morgan fingerprint density at radius 3 is 2.26 bits per heavy atom. The summed E-state index contributed by atoms with van der Waals surface area (Å²) in [4.78, 5) is 12.0. The molecule has 2 rings (SSSR count). The number of hydrogen-bond acceptors (Lipinski definition) is 2. The van der Waals surface area contributed by atoms with Gasteiger partial charge in [-0.1, -0.05) is 46.9 Å². The lowest BCUT2D eigenvalue weighted by Crippen LogP contribution is -2.30. The molecule has 0 saturated heterocycles. The van der Waals surface area contributed by atoms with Crippen molar-refractivity contribution in [1.82, 2.24) is 5.32 Å². The van der Waals surface area contributed by atoms with E-state index in [2.05, 4.69) is 10.6 Å². The number of benzene rings is 2. The molecule has 23 heavy (non-hydrogen) atoms. The first-order chi connectivity index (χ1) is 10.9. The van der Waals surface area contributed by atoms with Gasteiger partial charge >= 0.3 is 0 Å². The van der Waals surface area contributed by atoms with Crippen LogP contribution in [0.2, 0.25) is 15.1 Å². The van der Waals surface area contributed by atoms with Crippen LogP contribution in [0.3, 0.4) is 0 Å². The summed E-state index contributed by atoms with van der Waals surface area (Å²) in [5.74, 6) is -0.601. The molecule has 3 nitrogen and oxygen atoms in total. The molecule has 2 aromatic rings. The van der Waals surface area contributed by atoms with E-state index in [0.29, 0.717) is 10.7 Å². The average Bonchev–Trinajstić information content (AvgIpc) is 2.49. The highest BCUT2D eigenvalue weighted by Gasteiger charge is 2.12. The molecule has 0 fully saturated rings. The van der Waals surface area contributed by atoms with Gasteiger partial charge in [0, 0.05) is 11.1 Å². The summed E-state index contributed by atoms with van der Waals surface area (Å²) in [6.07, 6.45) is 0. The number of carbonyl (C=O) groups is 1. The zero-order valence-corrected chi connectivity index (χ0v) is 14.4. The predicted molar refractivity (Wildman–Crippen MR) is 92.9 cm³/mol. The number of nitrogens with one attached hydrogen (secondary N) is 2. The monoisotopic (exact) mass is 374 g/mol. The molecule has 122 valence electrons. The topological polar surface area (TPSA) is 41.1 Å². The molecule has 1 amide bonds. The molecular formula is C16H14Cl3FN2O. The summed E-state index contributed by atoms with van der Waals surface area (Å²) in [5, 5.41) is 6.60. The molecule has 0 unspecified atom stereocenters. The third-order valence-corrected chi connectivity index (χ3v) is 4.02. The zero-order chi connectivity index (χ0) is 17.0. The number of anilines is 1. The van der Waals surface area contributed by atoms with Crippen molar-refractivity contribution in [3.8, 4) is 0 Å². The molecule has 0 aliphatic carbocycles. The first-order valence-corrected chi connectivity index (χ1v) is 7.93. The normalized spacial score (nSPS) is 12.0. The predicted octanol–water partition coefficient (Wildman–Crippen LogP) is 5.08. The molecule has 0 aromatic heterocycles. The lowest BCUT2D eigenvalue weighted by Gasteiger charge is -2.15. The number of halogens is 4. The zero-order valence-electron chi connectivity index (χ0n) is 12.2. The fourth-order valence-corrected chi connectivity index (χ4v) is 2.87. The van der Waals surface area contributed by atoms with Gasteiger partial charge in [0.05, 0.1) is 22.3 Å². The fraction of sp³-hybridized carbons (Fsp3) is 0.188. The minimum atomic E-state index is -0.301. The quantitative estimate of drug-likeness (QED) is 0.765. The van der Waals surface area contributed by atoms with Gasteiger partial charge in [0.25, 0.3) is 0 Å². The SMILES string of the molecule is C[C@@H](NCC(=O)Nc1c(Cl)cc(Cl)cc1Cl)c1ccc(F)cc1. The van der Waals surface area contributed by atoms with Gasteiger partial charge in [0.1, 0.15) is 5.82 Å². The van der Waals surface area contributed by atoms with Crippen LogP contribution in [-0.2, 0) is 4.79 Å². The Labute approximate surface area is 148 Å². The molecule has 2 N–H and O–H groups in total. The Hall–Kier alpha value is -1.33. The molecule has 0 bridgehead atoms. The van der Waals surface area contributed by atoms with Gasteiger partial charge in [-0.05, 0) is 36.8 Å². The molecule has 0 aliphatic rings. The Kier molecular flexibility index (Phi) is 6.25. The molecule has 2 aromatic carbocycles. The second kappa shape index (κ2) is 7.97. The van der Waals surface area contributed by atoms with Crippen LogP contribution < -0.4 is 10.6 Å². The molecule has 1 atom stereocenters. The van der Waals surface area contributed by atoms with Gasteiger partial charge in [0.15, 0.2) is 0 Å². The maximum absolute atomic E-state index is 12.9. The molecular weight excluding hydrogens is 362 g/mol. The second-order valence-electron chi connectivity index (χ2n) is 4.95. The van der Waals surface area contributed by atoms with E-state index in [9.17, 15) is 9.18 Å². The standard InChI is InChI=1S/C16H14Cl3FN2O/c1-9(10-2-4-12(20)5-3-10)21-8-15(23)22-16-13(18)6-11(17)7-14(16)19/h2-7,9,21H,8H2,1H3,(H,22,23)/t9-/m1/s1. The first kappa shape index (κ1) is 18.0. The maximum Gasteiger partial charge on any atom is 0.238 e. The third kappa shape index (κ3) is 5.08. The van der Waals surface area contributed by atoms with Crippen LogP contribution in [-0.4, -0.2) is 12.5 Å². The second-order valence-corrected chi connectivity index (χ2v) is 6.20. The summed E-state index contributed by atoms with van der Waals surface area (Å²) in [7, 11) is 0. The third-order valence-electron chi connectivity index (χ3n) is 3.21. The van der Waals surface area contributed by atoms with E-state index >= 15 is 0 Å². The van der Waals surface area contributed by atoms with E-state index in [1.807, 2.05) is 6.92 Å². The fourth-order valence-electron chi connectivity index (χ4n) is 1.96. The van der Waals surface area contributed by atoms with Crippen LogP contribution in [0.15, 0.2) is 36.4 Å². The van der Waals surface area contributed by atoms with Crippen molar-refractivity contribution in [2.24, 2.45) is 0 Å². The molecule has 0 spiro atoms. The van der Waals surface area contributed by atoms with Crippen LogP contribution in [0.1, 0.15) is 18.5 Å². The number of rotatable bonds is 5. The minimum absolute atomic E-state index is 0.0494. The minimum Gasteiger partial charge on any atom is -0.322 e. The Bertz CT molecular complexity index is 684. The number of amides is 1. The van der Waals surface area contributed by atoms with Crippen LogP contribution in [0.25, 0.3) is 0 Å². The number of hydrogen-bond donors (Lipinski definition) is 2. The van der Waals surface area contributed by atoms with E-state index in [-0.39, 0.29) is 34.4 Å². The van der Waals surface area contributed by atoms with Gasteiger partial charge in [-0.2, -0.15) is 0 Å². The Morgan fingerprint density at radius 2 is 1.70 bits per heavy atom. The first-order valence-electron chi connectivity index (χ1n) is 6.80. The van der Waals surface area contributed by atoms with Crippen LogP contribution in [0, 0.1) is 5.82 Å². The van der Waals surface area contributed by atoms with Crippen LogP contribution in [0.4, 0.5) is 10.1 Å². The van der Waals surface area contributed by atoms with Gasteiger partial charge in [-0.15, -0.1) is 0 Å². The lowest BCUT2D eigenvalue weighted by molar-refractivity contribution is -0.115. The molecule has 7 heteroatoms. The molecule has 0 aliphatic heterocycles. The summed E-state index contributed by atoms with van der Waals surface area (Å²) in [6.45, 7) is 1.93. The maximum atomic E-state index is 12.9. The number of carbonyl (C=O) groups excluding carboxylic acids is 1. The van der Waals surface area contributed by atoms with Crippen molar-refractivity contribution >= 4 is 46.4 Å². The highest BCUT2D eigenvalue weighted by atomic mass is 35.5. The van der Waals surface area contributed by atoms with Gasteiger partial charge in [0.2, 0.25) is 5.91 Å². The molecule has 0 radical (unpaired) electrons. The molecule has 0 saturated carbocycles. The van der Waals surface area contributed by atoms with Crippen molar-refractivity contribution in [1.29, 1.82) is 0 Å². The summed E-state index contributed by atoms with van der Waals surface area (Å²) in [6, 6.07) is 8.97. The van der Waals surface area contributed by atoms with Crippen molar-refractivity contribution in [3.05, 3.63) is 62.8 Å². The largest absolute Gasteiger partial charge is 0.322 e. The van der Waals surface area contributed by atoms with E-state index in [1.54, 1.807) is 12.1 Å². The smallest absolute Gasteiger partial charge is 0.238 e. The van der Waals surface area contributed by atoms with E-state index in [1.165, 1.54) is 24.3 Å². The summed E-state index contributed by atoms with van der Waals surface area (Å²) >= 11 is 17.8. The van der Waals surface area contributed by atoms with Gasteiger partial charge in [-0.3, -0.25) is 4.79 Å². The van der Waals surface area contributed by atoms with Crippen molar-refractivity contribution in [2.45, 2.75) is 13.0 Å².